The Bertz CT molecular complexity index is 348. The van der Waals surface area contributed by atoms with Crippen LogP contribution >= 0.6 is 0 Å². The highest BCUT2D eigenvalue weighted by Crippen LogP contribution is 2.00. The summed E-state index contributed by atoms with van der Waals surface area (Å²) in [7, 11) is 1.47. The number of aliphatic carboxylic acids is 1. The zero-order chi connectivity index (χ0) is 16.3. The van der Waals surface area contributed by atoms with Gasteiger partial charge in [-0.2, -0.15) is 0 Å². The molecule has 0 aliphatic rings. The standard InChI is InChI=1S/C13H24N2O6/c1-4-6-10(12(17)18)14-13(19)15(7-8-20-3)9-11(16)21-5-2/h10H,4-9H2,1-3H3,(H,14,19)(H,17,18)/t10-/m1/s1. The maximum absolute atomic E-state index is 12.1. The molecule has 0 radical (unpaired) electrons. The van der Waals surface area contributed by atoms with Gasteiger partial charge in [-0.1, -0.05) is 13.3 Å². The molecular formula is C13H24N2O6. The van der Waals surface area contributed by atoms with Crippen molar-refractivity contribution in [3.8, 4) is 0 Å². The lowest BCUT2D eigenvalue weighted by molar-refractivity contribution is -0.143. The summed E-state index contributed by atoms with van der Waals surface area (Å²) in [6.07, 6.45) is 0.936. The number of ether oxygens (including phenoxy) is 2. The third kappa shape index (κ3) is 8.13. The predicted octanol–water partition coefficient (Wildman–Crippen LogP) is 0.461. The minimum Gasteiger partial charge on any atom is -0.480 e. The van der Waals surface area contributed by atoms with E-state index in [9.17, 15) is 14.4 Å². The first-order chi connectivity index (χ1) is 9.96. The molecule has 0 heterocycles. The van der Waals surface area contributed by atoms with E-state index in [2.05, 4.69) is 5.32 Å². The second-order valence-corrected chi connectivity index (χ2v) is 4.35. The van der Waals surface area contributed by atoms with Crippen molar-refractivity contribution in [1.82, 2.24) is 10.2 Å². The average Bonchev–Trinajstić information content (AvgIpc) is 2.42. The van der Waals surface area contributed by atoms with Crippen LogP contribution in [0.25, 0.3) is 0 Å². The van der Waals surface area contributed by atoms with Crippen molar-refractivity contribution >= 4 is 18.0 Å². The zero-order valence-corrected chi connectivity index (χ0v) is 12.8. The van der Waals surface area contributed by atoms with Crippen molar-refractivity contribution < 1.29 is 29.0 Å². The van der Waals surface area contributed by atoms with Gasteiger partial charge in [-0.25, -0.2) is 9.59 Å². The summed E-state index contributed by atoms with van der Waals surface area (Å²) in [4.78, 5) is 35.7. The molecule has 8 nitrogen and oxygen atoms in total. The fourth-order valence-corrected chi connectivity index (χ4v) is 1.60. The lowest BCUT2D eigenvalue weighted by atomic mass is 10.2. The van der Waals surface area contributed by atoms with Crippen LogP contribution in [0.2, 0.25) is 0 Å². The van der Waals surface area contributed by atoms with Gasteiger partial charge in [0.1, 0.15) is 12.6 Å². The summed E-state index contributed by atoms with van der Waals surface area (Å²) in [6.45, 7) is 3.86. The van der Waals surface area contributed by atoms with Gasteiger partial charge in [0.25, 0.3) is 0 Å². The Morgan fingerprint density at radius 2 is 1.95 bits per heavy atom. The largest absolute Gasteiger partial charge is 0.480 e. The summed E-state index contributed by atoms with van der Waals surface area (Å²) in [5, 5.41) is 11.4. The molecule has 0 aliphatic carbocycles. The minimum atomic E-state index is -1.10. The number of nitrogens with one attached hydrogen (secondary N) is 1. The van der Waals surface area contributed by atoms with Crippen molar-refractivity contribution in [2.24, 2.45) is 0 Å². The van der Waals surface area contributed by atoms with Crippen LogP contribution in [-0.4, -0.2) is 67.4 Å². The molecule has 0 bridgehead atoms. The van der Waals surface area contributed by atoms with Gasteiger partial charge in [0.2, 0.25) is 0 Å². The van der Waals surface area contributed by atoms with Gasteiger partial charge in [-0.3, -0.25) is 4.79 Å². The second-order valence-electron chi connectivity index (χ2n) is 4.35. The smallest absolute Gasteiger partial charge is 0.326 e. The predicted molar refractivity (Wildman–Crippen MR) is 74.9 cm³/mol. The first-order valence-electron chi connectivity index (χ1n) is 6.89. The van der Waals surface area contributed by atoms with E-state index in [4.69, 9.17) is 14.6 Å². The first kappa shape index (κ1) is 19.2. The van der Waals surface area contributed by atoms with E-state index in [0.29, 0.717) is 12.8 Å². The number of carbonyl (C=O) groups is 3. The highest BCUT2D eigenvalue weighted by Gasteiger charge is 2.24. The van der Waals surface area contributed by atoms with Crippen LogP contribution in [0.4, 0.5) is 4.79 Å². The summed E-state index contributed by atoms with van der Waals surface area (Å²) in [5.41, 5.74) is 0. The number of carboxylic acid groups (broad SMARTS) is 1. The molecule has 0 aromatic rings. The summed E-state index contributed by atoms with van der Waals surface area (Å²) >= 11 is 0. The summed E-state index contributed by atoms with van der Waals surface area (Å²) < 4.78 is 9.66. The van der Waals surface area contributed by atoms with Crippen LogP contribution in [-0.2, 0) is 19.1 Å². The molecule has 1 atom stereocenters. The van der Waals surface area contributed by atoms with Crippen LogP contribution in [0, 0.1) is 0 Å². The number of hydrogen-bond donors (Lipinski definition) is 2. The fourth-order valence-electron chi connectivity index (χ4n) is 1.60. The van der Waals surface area contributed by atoms with Crippen molar-refractivity contribution in [2.45, 2.75) is 32.7 Å². The van der Waals surface area contributed by atoms with Crippen molar-refractivity contribution in [3.63, 3.8) is 0 Å². The molecular weight excluding hydrogens is 280 g/mol. The maximum Gasteiger partial charge on any atom is 0.326 e. The Labute approximate surface area is 124 Å². The van der Waals surface area contributed by atoms with Gasteiger partial charge in [0, 0.05) is 13.7 Å². The Kier molecular flexibility index (Phi) is 9.95. The molecule has 0 spiro atoms. The average molecular weight is 304 g/mol. The molecule has 8 heteroatoms. The van der Waals surface area contributed by atoms with E-state index in [0.717, 1.165) is 0 Å². The Balaban J connectivity index is 4.67. The van der Waals surface area contributed by atoms with E-state index >= 15 is 0 Å². The van der Waals surface area contributed by atoms with Crippen molar-refractivity contribution in [2.75, 3.05) is 33.4 Å². The number of esters is 1. The maximum atomic E-state index is 12.1. The number of methoxy groups -OCH3 is 1. The second kappa shape index (κ2) is 10.9. The van der Waals surface area contributed by atoms with Crippen LogP contribution in [0.5, 0.6) is 0 Å². The van der Waals surface area contributed by atoms with Crippen molar-refractivity contribution in [1.29, 1.82) is 0 Å². The van der Waals surface area contributed by atoms with Gasteiger partial charge < -0.3 is 24.8 Å². The molecule has 122 valence electrons. The number of urea groups is 1. The summed E-state index contributed by atoms with van der Waals surface area (Å²) in [5.74, 6) is -1.65. The van der Waals surface area contributed by atoms with E-state index in [1.54, 1.807) is 6.92 Å². The third-order valence-electron chi connectivity index (χ3n) is 2.65. The number of carboxylic acids is 1. The van der Waals surface area contributed by atoms with Crippen LogP contribution in [0.15, 0.2) is 0 Å². The molecule has 0 rings (SSSR count). The molecule has 2 amide bonds. The van der Waals surface area contributed by atoms with Gasteiger partial charge in [0.05, 0.1) is 13.2 Å². The van der Waals surface area contributed by atoms with E-state index in [1.165, 1.54) is 12.0 Å². The lowest BCUT2D eigenvalue weighted by Crippen LogP contribution is -2.50. The Morgan fingerprint density at radius 3 is 2.43 bits per heavy atom. The fraction of sp³-hybridized carbons (Fsp3) is 0.769. The van der Waals surface area contributed by atoms with Crippen molar-refractivity contribution in [3.05, 3.63) is 0 Å². The van der Waals surface area contributed by atoms with E-state index in [1.807, 2.05) is 6.92 Å². The molecule has 0 saturated heterocycles. The molecule has 0 aromatic carbocycles. The highest BCUT2D eigenvalue weighted by atomic mass is 16.5. The lowest BCUT2D eigenvalue weighted by Gasteiger charge is -2.24. The molecule has 0 unspecified atom stereocenters. The van der Waals surface area contributed by atoms with Gasteiger partial charge >= 0.3 is 18.0 Å². The number of nitrogens with zero attached hydrogens (tertiary/aromatic N) is 1. The number of rotatable bonds is 10. The summed E-state index contributed by atoms with van der Waals surface area (Å²) in [6, 6.07) is -1.60. The highest BCUT2D eigenvalue weighted by molar-refractivity contribution is 5.85. The number of hydrogen-bond acceptors (Lipinski definition) is 5. The zero-order valence-electron chi connectivity index (χ0n) is 12.8. The van der Waals surface area contributed by atoms with Crippen LogP contribution in [0.3, 0.4) is 0 Å². The minimum absolute atomic E-state index is 0.166. The molecule has 2 N–H and O–H groups in total. The van der Waals surface area contributed by atoms with E-state index < -0.39 is 24.0 Å². The van der Waals surface area contributed by atoms with Gasteiger partial charge in [-0.15, -0.1) is 0 Å². The molecule has 0 saturated carbocycles. The molecule has 21 heavy (non-hydrogen) atoms. The molecule has 0 fully saturated rings. The quantitative estimate of drug-likeness (QED) is 0.568. The topological polar surface area (TPSA) is 105 Å². The van der Waals surface area contributed by atoms with Crippen LogP contribution in [0.1, 0.15) is 26.7 Å². The van der Waals surface area contributed by atoms with Gasteiger partial charge in [-0.05, 0) is 13.3 Å². The first-order valence-corrected chi connectivity index (χ1v) is 6.89. The molecule has 0 aliphatic heterocycles. The van der Waals surface area contributed by atoms with Gasteiger partial charge in [0.15, 0.2) is 0 Å². The van der Waals surface area contributed by atoms with E-state index in [-0.39, 0.29) is 26.3 Å². The molecule has 0 aromatic heterocycles. The normalized spacial score (nSPS) is 11.6. The monoisotopic (exact) mass is 304 g/mol. The Morgan fingerprint density at radius 1 is 1.29 bits per heavy atom. The number of amides is 2. The number of carbonyl (C=O) groups excluding carboxylic acids is 2. The SMILES string of the molecule is CCC[C@@H](NC(=O)N(CCOC)CC(=O)OCC)C(=O)O. The Hall–Kier alpha value is -1.83. The third-order valence-corrected chi connectivity index (χ3v) is 2.65. The van der Waals surface area contributed by atoms with Crippen LogP contribution < -0.4 is 5.32 Å².